The maximum Gasteiger partial charge on any atom is 0.247 e. The molecule has 12 heteroatoms. The molecule has 4 heterocycles. The van der Waals surface area contributed by atoms with E-state index in [0.29, 0.717) is 57.3 Å². The van der Waals surface area contributed by atoms with Crippen molar-refractivity contribution in [3.8, 4) is 5.75 Å². The monoisotopic (exact) mass is 704 g/mol. The lowest BCUT2D eigenvalue weighted by molar-refractivity contribution is -0.145. The number of benzene rings is 1. The fourth-order valence-corrected chi connectivity index (χ4v) is 11.0. The van der Waals surface area contributed by atoms with Gasteiger partial charge in [-0.1, -0.05) is 28.1 Å². The van der Waals surface area contributed by atoms with Crippen molar-refractivity contribution in [1.29, 1.82) is 0 Å². The fraction of sp³-hybridized carbons (Fsp3) is 0.606. The lowest BCUT2D eigenvalue weighted by Crippen LogP contribution is -2.58. The van der Waals surface area contributed by atoms with E-state index in [0.717, 1.165) is 13.1 Å². The molecule has 3 amide bonds. The van der Waals surface area contributed by atoms with Gasteiger partial charge in [-0.2, -0.15) is 0 Å². The molecule has 1 aromatic rings. The van der Waals surface area contributed by atoms with Crippen LogP contribution in [0.15, 0.2) is 49.6 Å². The molecule has 1 aromatic carbocycles. The highest BCUT2D eigenvalue weighted by molar-refractivity contribution is 9.09. The Morgan fingerprint density at radius 3 is 2.51 bits per heavy atom. The normalized spacial score (nSPS) is 29.7. The Morgan fingerprint density at radius 1 is 1.20 bits per heavy atom. The topological polar surface area (TPSA) is 103 Å². The van der Waals surface area contributed by atoms with Gasteiger partial charge in [0.2, 0.25) is 17.7 Å². The number of anilines is 1. The molecule has 246 valence electrons. The van der Waals surface area contributed by atoms with E-state index >= 15 is 0 Å². The van der Waals surface area contributed by atoms with Crippen molar-refractivity contribution in [3.63, 3.8) is 0 Å². The highest BCUT2D eigenvalue weighted by atomic mass is 79.9. The van der Waals surface area contributed by atoms with Gasteiger partial charge in [-0.25, -0.2) is 0 Å². The number of aliphatic hydroxyl groups excluding tert-OH is 1. The molecule has 0 aromatic heterocycles. The van der Waals surface area contributed by atoms with Crippen LogP contribution >= 0.6 is 27.7 Å². The number of fused-ring (bicyclic) bond motifs is 1. The van der Waals surface area contributed by atoms with E-state index in [9.17, 15) is 19.5 Å². The van der Waals surface area contributed by atoms with E-state index in [1.54, 1.807) is 45.5 Å². The number of ether oxygens (including phenoxy) is 2. The second-order valence-electron chi connectivity index (χ2n) is 12.1. The molecule has 45 heavy (non-hydrogen) atoms. The van der Waals surface area contributed by atoms with E-state index in [1.807, 2.05) is 31.2 Å². The van der Waals surface area contributed by atoms with Crippen molar-refractivity contribution in [3.05, 3.63) is 49.6 Å². The number of hydrogen-bond acceptors (Lipinski definition) is 8. The Labute approximate surface area is 278 Å². The summed E-state index contributed by atoms with van der Waals surface area (Å²) >= 11 is 5.46. The Bertz CT molecular complexity index is 1260. The third kappa shape index (κ3) is 6.33. The van der Waals surface area contributed by atoms with Gasteiger partial charge in [0, 0.05) is 55.0 Å². The van der Waals surface area contributed by atoms with Gasteiger partial charge in [0.1, 0.15) is 11.8 Å². The average molecular weight is 706 g/mol. The van der Waals surface area contributed by atoms with Crippen LogP contribution in [-0.2, 0) is 19.1 Å². The zero-order valence-corrected chi connectivity index (χ0v) is 28.6. The molecule has 1 N–H and O–H groups in total. The van der Waals surface area contributed by atoms with Crippen LogP contribution in [0.5, 0.6) is 5.75 Å². The van der Waals surface area contributed by atoms with Crippen molar-refractivity contribution < 1.29 is 29.0 Å². The summed E-state index contributed by atoms with van der Waals surface area (Å²) in [6.07, 6.45) is 3.97. The number of morpholine rings is 1. The zero-order valence-electron chi connectivity index (χ0n) is 26.2. The predicted molar refractivity (Wildman–Crippen MR) is 180 cm³/mol. The molecule has 3 unspecified atom stereocenters. The molecule has 5 rings (SSSR count). The summed E-state index contributed by atoms with van der Waals surface area (Å²) in [7, 11) is 0. The highest BCUT2D eigenvalue weighted by Crippen LogP contribution is 2.68. The number of halogens is 1. The van der Waals surface area contributed by atoms with Crippen molar-refractivity contribution in [2.75, 3.05) is 70.6 Å². The summed E-state index contributed by atoms with van der Waals surface area (Å²) in [5.41, 5.74) is 0.690. The summed E-state index contributed by atoms with van der Waals surface area (Å²) in [5, 5.41) is 10.1. The third-order valence-corrected chi connectivity index (χ3v) is 12.7. The molecule has 1 spiro atoms. The number of aliphatic hydroxyl groups is 1. The van der Waals surface area contributed by atoms with Gasteiger partial charge in [-0.3, -0.25) is 19.3 Å². The highest BCUT2D eigenvalue weighted by Gasteiger charge is 2.76. The van der Waals surface area contributed by atoms with Crippen LogP contribution in [0.25, 0.3) is 0 Å². The van der Waals surface area contributed by atoms with E-state index in [-0.39, 0.29) is 41.0 Å². The Morgan fingerprint density at radius 2 is 1.89 bits per heavy atom. The molecular weight excluding hydrogens is 660 g/mol. The molecule has 0 saturated carbocycles. The summed E-state index contributed by atoms with van der Waals surface area (Å²) in [5.74, 6) is -1.20. The minimum atomic E-state index is -0.812. The van der Waals surface area contributed by atoms with Crippen molar-refractivity contribution in [2.24, 2.45) is 11.8 Å². The van der Waals surface area contributed by atoms with Crippen molar-refractivity contribution in [2.45, 2.75) is 47.2 Å². The number of rotatable bonds is 14. The van der Waals surface area contributed by atoms with Crippen LogP contribution in [0.2, 0.25) is 0 Å². The van der Waals surface area contributed by atoms with Gasteiger partial charge in [-0.05, 0) is 44.5 Å². The fourth-order valence-electron chi connectivity index (χ4n) is 7.42. The van der Waals surface area contributed by atoms with Crippen LogP contribution in [0.4, 0.5) is 5.69 Å². The van der Waals surface area contributed by atoms with Crippen LogP contribution in [0, 0.1) is 11.8 Å². The third-order valence-electron chi connectivity index (χ3n) is 9.47. The molecular formula is C33H45BrN4O6S. The predicted octanol–water partition coefficient (Wildman–Crippen LogP) is 2.80. The summed E-state index contributed by atoms with van der Waals surface area (Å²) < 4.78 is 10.3. The van der Waals surface area contributed by atoms with Gasteiger partial charge in [0.15, 0.2) is 0 Å². The maximum absolute atomic E-state index is 14.6. The number of carbonyl (C=O) groups is 3. The van der Waals surface area contributed by atoms with Crippen molar-refractivity contribution >= 4 is 51.1 Å². The average Bonchev–Trinajstić information content (AvgIpc) is 3.65. The molecule has 0 radical (unpaired) electrons. The number of thioether (sulfide) groups is 1. The minimum Gasteiger partial charge on any atom is -0.494 e. The molecule has 2 bridgehead atoms. The molecule has 4 fully saturated rings. The van der Waals surface area contributed by atoms with Crippen LogP contribution < -0.4 is 9.64 Å². The first kappa shape index (κ1) is 34.0. The molecule has 4 saturated heterocycles. The Balaban J connectivity index is 1.48. The molecule has 10 nitrogen and oxygen atoms in total. The van der Waals surface area contributed by atoms with Gasteiger partial charge in [0.25, 0.3) is 0 Å². The second-order valence-corrected chi connectivity index (χ2v) is 14.8. The number of carbonyl (C=O) groups excluding carboxylic acids is 3. The van der Waals surface area contributed by atoms with Gasteiger partial charge < -0.3 is 29.3 Å². The summed E-state index contributed by atoms with van der Waals surface area (Å²) in [6.45, 7) is 16.5. The van der Waals surface area contributed by atoms with Gasteiger partial charge in [0.05, 0.1) is 49.1 Å². The maximum atomic E-state index is 14.6. The van der Waals surface area contributed by atoms with Crippen LogP contribution in [0.3, 0.4) is 0 Å². The summed E-state index contributed by atoms with van der Waals surface area (Å²) in [6, 6.07) is 5.95. The smallest absolute Gasteiger partial charge is 0.247 e. The number of hydrogen-bond donors (Lipinski definition) is 1. The Hall–Kier alpha value is -2.38. The quantitative estimate of drug-likeness (QED) is 0.233. The minimum absolute atomic E-state index is 0.0627. The largest absolute Gasteiger partial charge is 0.494 e. The number of alkyl halides is 1. The zero-order chi connectivity index (χ0) is 32.3. The number of nitrogens with zero attached hydrogens (tertiary/aromatic N) is 4. The van der Waals surface area contributed by atoms with Gasteiger partial charge in [-0.15, -0.1) is 24.9 Å². The van der Waals surface area contributed by atoms with E-state index in [4.69, 9.17) is 9.47 Å². The van der Waals surface area contributed by atoms with E-state index < -0.39 is 28.7 Å². The standard InChI is InChI=1S/C33H45BrN4O6S/c1-5-12-36(15-14-35-16-18-43-19-17-35)32(42)29-33-20-25(34)28(45-33)26(27(33)31(41)38(29)22(4)21-39)30(40)37(13-6-2)23-8-10-24(11-9-23)44-7-3/h5-6,8-11,22,25-29,39H,1-2,7,12-21H2,3-4H3/t22-,25?,26+,27+,28+,29?,33?/m1/s1. The molecule has 0 aliphatic carbocycles. The molecule has 4 aliphatic heterocycles. The van der Waals surface area contributed by atoms with Crippen molar-refractivity contribution in [1.82, 2.24) is 14.7 Å². The number of likely N-dealkylation sites (tertiary alicyclic amines) is 1. The SMILES string of the molecule is C=CCN(CCN1CCOCC1)C(=O)C1N([C@H](C)CO)C(=O)[C@@H]2[C@H](C(=O)N(CC=C)c3ccc(OCC)cc3)[C@H]3SC12CC3Br. The second kappa shape index (κ2) is 14.6. The lowest BCUT2D eigenvalue weighted by Gasteiger charge is -2.40. The van der Waals surface area contributed by atoms with Gasteiger partial charge >= 0.3 is 0 Å². The van der Waals surface area contributed by atoms with Crippen LogP contribution in [-0.4, -0.2) is 130 Å². The first-order valence-electron chi connectivity index (χ1n) is 15.8. The van der Waals surface area contributed by atoms with Crippen LogP contribution in [0.1, 0.15) is 20.3 Å². The first-order chi connectivity index (χ1) is 21.7. The van der Waals surface area contributed by atoms with E-state index in [1.165, 1.54) is 0 Å². The molecule has 4 aliphatic rings. The number of amides is 3. The first-order valence-corrected chi connectivity index (χ1v) is 17.6. The Kier molecular flexibility index (Phi) is 11.0. The summed E-state index contributed by atoms with van der Waals surface area (Å²) in [4.78, 5) is 51.0. The lowest BCUT2D eigenvalue weighted by atomic mass is 9.70. The molecule has 7 atom stereocenters. The van der Waals surface area contributed by atoms with E-state index in [2.05, 4.69) is 34.0 Å².